The largest absolute Gasteiger partial charge is 0.293 e. The smallest absolute Gasteiger partial charge is 0.129 e. The Bertz CT molecular complexity index is 635. The molecule has 2 heteroatoms. The molecule has 0 bridgehead atoms. The van der Waals surface area contributed by atoms with Gasteiger partial charge in [-0.2, -0.15) is 0 Å². The van der Waals surface area contributed by atoms with E-state index < -0.39 is 8.07 Å². The van der Waals surface area contributed by atoms with E-state index in [2.05, 4.69) is 111 Å². The molecule has 0 heterocycles. The third-order valence-electron chi connectivity index (χ3n) is 3.88. The fourth-order valence-corrected chi connectivity index (χ4v) is 3.14. The van der Waals surface area contributed by atoms with E-state index in [4.69, 9.17) is 0 Å². The molecule has 0 radical (unpaired) electrons. The van der Waals surface area contributed by atoms with Crippen LogP contribution in [0.4, 0.5) is 0 Å². The van der Waals surface area contributed by atoms with Gasteiger partial charge >= 0.3 is 0 Å². The van der Waals surface area contributed by atoms with Crippen molar-refractivity contribution >= 4 is 8.07 Å². The van der Waals surface area contributed by atoms with E-state index in [1.807, 2.05) is 0 Å². The Balaban J connectivity index is 2.34. The Morgan fingerprint density at radius 3 is 1.62 bits per heavy atom. The molecule has 0 amide bonds. The molecule has 2 aromatic carbocycles. The standard InChI is InChI=1S/C22H29NSi/c1-18(2)21(16-17-24(3,4)5)23-22(19-12-8-6-9-13-19)20-14-10-7-11-15-20/h6-15,18,21-23H,1-5H3. The summed E-state index contributed by atoms with van der Waals surface area (Å²) in [6, 6.07) is 21.6. The number of nitrogens with one attached hydrogen (secondary N) is 1. The summed E-state index contributed by atoms with van der Waals surface area (Å²) < 4.78 is 0. The van der Waals surface area contributed by atoms with Crippen molar-refractivity contribution in [1.29, 1.82) is 0 Å². The van der Waals surface area contributed by atoms with Gasteiger partial charge in [-0.15, -0.1) is 5.54 Å². The van der Waals surface area contributed by atoms with Crippen LogP contribution >= 0.6 is 0 Å². The Morgan fingerprint density at radius 2 is 1.25 bits per heavy atom. The van der Waals surface area contributed by atoms with Crippen molar-refractivity contribution in [1.82, 2.24) is 5.32 Å². The van der Waals surface area contributed by atoms with Crippen LogP contribution in [0.1, 0.15) is 31.0 Å². The molecule has 0 saturated carbocycles. The van der Waals surface area contributed by atoms with E-state index >= 15 is 0 Å². The lowest BCUT2D eigenvalue weighted by atomic mass is 9.95. The summed E-state index contributed by atoms with van der Waals surface area (Å²) in [6.07, 6.45) is 0. The van der Waals surface area contributed by atoms with Gasteiger partial charge in [0.1, 0.15) is 8.07 Å². The van der Waals surface area contributed by atoms with Gasteiger partial charge in [-0.3, -0.25) is 5.32 Å². The predicted molar refractivity (Wildman–Crippen MR) is 108 cm³/mol. The zero-order valence-electron chi connectivity index (χ0n) is 15.5. The maximum atomic E-state index is 3.81. The number of hydrogen-bond donors (Lipinski definition) is 1. The molecule has 2 aromatic rings. The molecular formula is C22H29NSi. The topological polar surface area (TPSA) is 12.0 Å². The van der Waals surface area contributed by atoms with Gasteiger partial charge in [-0.1, -0.05) is 100 Å². The molecule has 1 nitrogen and oxygen atoms in total. The van der Waals surface area contributed by atoms with Gasteiger partial charge in [0.15, 0.2) is 0 Å². The highest BCUT2D eigenvalue weighted by Crippen LogP contribution is 2.23. The summed E-state index contributed by atoms with van der Waals surface area (Å²) >= 11 is 0. The first kappa shape index (κ1) is 18.5. The van der Waals surface area contributed by atoms with Crippen LogP contribution in [0.15, 0.2) is 60.7 Å². The van der Waals surface area contributed by atoms with E-state index in [9.17, 15) is 0 Å². The summed E-state index contributed by atoms with van der Waals surface area (Å²) in [7, 11) is -1.38. The minimum Gasteiger partial charge on any atom is -0.293 e. The summed E-state index contributed by atoms with van der Waals surface area (Å²) in [5.74, 6) is 3.99. The van der Waals surface area contributed by atoms with Crippen molar-refractivity contribution in [3.05, 3.63) is 71.8 Å². The lowest BCUT2D eigenvalue weighted by Crippen LogP contribution is -2.37. The zero-order valence-corrected chi connectivity index (χ0v) is 16.5. The molecule has 2 rings (SSSR count). The SMILES string of the molecule is CC(C)C(C#C[Si](C)(C)C)NC(c1ccccc1)c1ccccc1. The van der Waals surface area contributed by atoms with Crippen LogP contribution in [0.2, 0.25) is 19.6 Å². The second kappa shape index (κ2) is 8.33. The molecule has 0 spiro atoms. The van der Waals surface area contributed by atoms with Crippen molar-refractivity contribution in [2.75, 3.05) is 0 Å². The van der Waals surface area contributed by atoms with Crippen molar-refractivity contribution in [2.45, 2.75) is 45.6 Å². The maximum absolute atomic E-state index is 3.81. The van der Waals surface area contributed by atoms with Crippen molar-refractivity contribution in [2.24, 2.45) is 5.92 Å². The van der Waals surface area contributed by atoms with Crippen molar-refractivity contribution in [3.63, 3.8) is 0 Å². The van der Waals surface area contributed by atoms with Crippen LogP contribution in [-0.4, -0.2) is 14.1 Å². The Kier molecular flexibility index (Phi) is 6.42. The van der Waals surface area contributed by atoms with E-state index in [0.717, 1.165) is 0 Å². The molecule has 0 aliphatic rings. The Labute approximate surface area is 148 Å². The lowest BCUT2D eigenvalue weighted by molar-refractivity contribution is 0.444. The number of hydrogen-bond acceptors (Lipinski definition) is 1. The van der Waals surface area contributed by atoms with E-state index in [-0.39, 0.29) is 12.1 Å². The molecule has 0 fully saturated rings. The monoisotopic (exact) mass is 335 g/mol. The predicted octanol–water partition coefficient (Wildman–Crippen LogP) is 5.27. The van der Waals surface area contributed by atoms with Crippen LogP contribution < -0.4 is 5.32 Å². The van der Waals surface area contributed by atoms with Crippen LogP contribution in [0.5, 0.6) is 0 Å². The summed E-state index contributed by atoms with van der Waals surface area (Å²) in [4.78, 5) is 0. The highest BCUT2D eigenvalue weighted by molar-refractivity contribution is 6.83. The average molecular weight is 336 g/mol. The molecule has 0 aliphatic carbocycles. The van der Waals surface area contributed by atoms with E-state index in [1.54, 1.807) is 0 Å². The maximum Gasteiger partial charge on any atom is 0.129 e. The normalized spacial score (nSPS) is 12.8. The molecule has 0 aliphatic heterocycles. The minimum atomic E-state index is -1.38. The molecule has 1 unspecified atom stereocenters. The highest BCUT2D eigenvalue weighted by atomic mass is 28.3. The summed E-state index contributed by atoms with van der Waals surface area (Å²) in [5, 5.41) is 3.81. The third-order valence-corrected chi connectivity index (χ3v) is 4.78. The first-order chi connectivity index (χ1) is 11.4. The number of rotatable bonds is 5. The molecule has 1 atom stereocenters. The van der Waals surface area contributed by atoms with Gasteiger partial charge in [0.25, 0.3) is 0 Å². The second-order valence-corrected chi connectivity index (χ2v) is 12.4. The zero-order chi connectivity index (χ0) is 17.6. The second-order valence-electron chi connectivity index (χ2n) is 7.66. The quantitative estimate of drug-likeness (QED) is 0.580. The fourth-order valence-electron chi connectivity index (χ4n) is 2.55. The summed E-state index contributed by atoms with van der Waals surface area (Å²) in [5.41, 5.74) is 6.10. The van der Waals surface area contributed by atoms with Crippen molar-refractivity contribution < 1.29 is 0 Å². The fraction of sp³-hybridized carbons (Fsp3) is 0.364. The molecule has 1 N–H and O–H groups in total. The van der Waals surface area contributed by atoms with Gasteiger partial charge in [0.05, 0.1) is 12.1 Å². The lowest BCUT2D eigenvalue weighted by Gasteiger charge is -2.26. The molecule has 0 saturated heterocycles. The molecule has 0 aromatic heterocycles. The first-order valence-electron chi connectivity index (χ1n) is 8.75. The Hall–Kier alpha value is -1.82. The minimum absolute atomic E-state index is 0.163. The molecule has 126 valence electrons. The van der Waals surface area contributed by atoms with Crippen LogP contribution in [-0.2, 0) is 0 Å². The van der Waals surface area contributed by atoms with Gasteiger partial charge in [0, 0.05) is 0 Å². The van der Waals surface area contributed by atoms with Crippen molar-refractivity contribution in [3.8, 4) is 11.5 Å². The highest BCUT2D eigenvalue weighted by Gasteiger charge is 2.20. The van der Waals surface area contributed by atoms with Crippen LogP contribution in [0.3, 0.4) is 0 Å². The van der Waals surface area contributed by atoms with Gasteiger partial charge in [-0.05, 0) is 17.0 Å². The average Bonchev–Trinajstić information content (AvgIpc) is 2.55. The van der Waals surface area contributed by atoms with Crippen LogP contribution in [0, 0.1) is 17.4 Å². The van der Waals surface area contributed by atoms with Crippen LogP contribution in [0.25, 0.3) is 0 Å². The van der Waals surface area contributed by atoms with Gasteiger partial charge in [-0.25, -0.2) is 0 Å². The first-order valence-corrected chi connectivity index (χ1v) is 12.3. The van der Waals surface area contributed by atoms with E-state index in [0.29, 0.717) is 5.92 Å². The van der Waals surface area contributed by atoms with Gasteiger partial charge in [0.2, 0.25) is 0 Å². The molecular weight excluding hydrogens is 306 g/mol. The van der Waals surface area contributed by atoms with E-state index in [1.165, 1.54) is 11.1 Å². The number of benzene rings is 2. The molecule has 24 heavy (non-hydrogen) atoms. The Morgan fingerprint density at radius 1 is 0.792 bits per heavy atom. The van der Waals surface area contributed by atoms with Gasteiger partial charge < -0.3 is 0 Å². The third kappa shape index (κ3) is 5.67. The summed E-state index contributed by atoms with van der Waals surface area (Å²) in [6.45, 7) is 11.4.